The zero-order valence-electron chi connectivity index (χ0n) is 9.74. The highest BCUT2D eigenvalue weighted by molar-refractivity contribution is 5.57. The van der Waals surface area contributed by atoms with E-state index in [9.17, 15) is 8.78 Å². The molecule has 0 unspecified atom stereocenters. The summed E-state index contributed by atoms with van der Waals surface area (Å²) in [5, 5.41) is 5.71. The van der Waals surface area contributed by atoms with Gasteiger partial charge in [0.25, 0.3) is 0 Å². The molecule has 2 rings (SSSR count). The third kappa shape index (κ3) is 2.91. The van der Waals surface area contributed by atoms with Gasteiger partial charge in [-0.2, -0.15) is 4.98 Å². The summed E-state index contributed by atoms with van der Waals surface area (Å²) in [7, 11) is 0. The molecular weight excluding hydrogens is 238 g/mol. The quantitative estimate of drug-likeness (QED) is 0.876. The van der Waals surface area contributed by atoms with Gasteiger partial charge >= 0.3 is 0 Å². The van der Waals surface area contributed by atoms with Crippen LogP contribution in [0.15, 0.2) is 30.5 Å². The molecule has 0 radical (unpaired) electrons. The van der Waals surface area contributed by atoms with E-state index < -0.39 is 11.6 Å². The molecule has 0 bridgehead atoms. The van der Waals surface area contributed by atoms with Crippen LogP contribution in [-0.2, 0) is 0 Å². The molecule has 0 aliphatic rings. The van der Waals surface area contributed by atoms with Crippen LogP contribution in [0.5, 0.6) is 0 Å². The summed E-state index contributed by atoms with van der Waals surface area (Å²) in [5.41, 5.74) is 0.164. The highest BCUT2D eigenvalue weighted by atomic mass is 19.1. The molecule has 18 heavy (non-hydrogen) atoms. The smallest absolute Gasteiger partial charge is 0.224 e. The first-order valence-corrected chi connectivity index (χ1v) is 5.48. The fourth-order valence-corrected chi connectivity index (χ4v) is 1.40. The fraction of sp³-hybridized carbons (Fsp3) is 0.167. The van der Waals surface area contributed by atoms with Gasteiger partial charge < -0.3 is 10.6 Å². The van der Waals surface area contributed by atoms with Crippen LogP contribution in [0.25, 0.3) is 0 Å². The van der Waals surface area contributed by atoms with Crippen LogP contribution >= 0.6 is 0 Å². The minimum Gasteiger partial charge on any atom is -0.354 e. The number of aromatic nitrogens is 2. The summed E-state index contributed by atoms with van der Waals surface area (Å²) < 4.78 is 26.2. The Labute approximate surface area is 103 Å². The normalized spacial score (nSPS) is 10.2. The molecule has 6 heteroatoms. The molecule has 0 saturated carbocycles. The summed E-state index contributed by atoms with van der Waals surface area (Å²) >= 11 is 0. The van der Waals surface area contributed by atoms with Crippen molar-refractivity contribution in [3.05, 3.63) is 42.1 Å². The van der Waals surface area contributed by atoms with Crippen molar-refractivity contribution < 1.29 is 8.78 Å². The Morgan fingerprint density at radius 1 is 1.22 bits per heavy atom. The van der Waals surface area contributed by atoms with Gasteiger partial charge in [0.1, 0.15) is 17.5 Å². The van der Waals surface area contributed by atoms with Crippen molar-refractivity contribution in [2.75, 3.05) is 17.2 Å². The number of rotatable bonds is 4. The van der Waals surface area contributed by atoms with Crippen molar-refractivity contribution in [1.29, 1.82) is 0 Å². The number of benzene rings is 1. The van der Waals surface area contributed by atoms with Crippen LogP contribution in [0.3, 0.4) is 0 Å². The van der Waals surface area contributed by atoms with Gasteiger partial charge in [0, 0.05) is 18.8 Å². The van der Waals surface area contributed by atoms with Crippen molar-refractivity contribution in [3.8, 4) is 0 Å². The highest BCUT2D eigenvalue weighted by Gasteiger charge is 2.05. The van der Waals surface area contributed by atoms with E-state index in [-0.39, 0.29) is 5.69 Å². The maximum atomic E-state index is 13.4. The summed E-state index contributed by atoms with van der Waals surface area (Å²) in [6.07, 6.45) is 1.55. The predicted octanol–water partition coefficient (Wildman–Crippen LogP) is 2.93. The number of anilines is 3. The number of hydrogen-bond donors (Lipinski definition) is 2. The van der Waals surface area contributed by atoms with E-state index in [0.29, 0.717) is 18.3 Å². The molecule has 0 saturated heterocycles. The standard InChI is InChI=1S/C12H12F2N4/c1-2-15-12-16-6-5-11(18-12)17-10-4-3-8(13)7-9(10)14/h3-7H,2H2,1H3,(H2,15,16,17,18). The Bertz CT molecular complexity index is 545. The van der Waals surface area contributed by atoms with Gasteiger partial charge in [0.05, 0.1) is 5.69 Å². The van der Waals surface area contributed by atoms with Gasteiger partial charge in [-0.05, 0) is 25.1 Å². The predicted molar refractivity (Wildman–Crippen MR) is 65.8 cm³/mol. The lowest BCUT2D eigenvalue weighted by molar-refractivity contribution is 0.586. The van der Waals surface area contributed by atoms with Crippen LogP contribution in [-0.4, -0.2) is 16.5 Å². The van der Waals surface area contributed by atoms with Crippen molar-refractivity contribution >= 4 is 17.5 Å². The summed E-state index contributed by atoms with van der Waals surface area (Å²) in [6.45, 7) is 2.61. The van der Waals surface area contributed by atoms with E-state index in [1.165, 1.54) is 12.1 Å². The van der Waals surface area contributed by atoms with E-state index in [4.69, 9.17) is 0 Å². The minimum atomic E-state index is -0.668. The molecule has 4 nitrogen and oxygen atoms in total. The minimum absolute atomic E-state index is 0.164. The van der Waals surface area contributed by atoms with E-state index >= 15 is 0 Å². The average molecular weight is 250 g/mol. The molecule has 0 aliphatic heterocycles. The second kappa shape index (κ2) is 5.39. The number of hydrogen-bond acceptors (Lipinski definition) is 4. The van der Waals surface area contributed by atoms with E-state index in [1.807, 2.05) is 6.92 Å². The van der Waals surface area contributed by atoms with E-state index in [1.54, 1.807) is 12.3 Å². The lowest BCUT2D eigenvalue weighted by Gasteiger charge is -2.08. The monoisotopic (exact) mass is 250 g/mol. The van der Waals surface area contributed by atoms with Gasteiger partial charge in [-0.1, -0.05) is 0 Å². The highest BCUT2D eigenvalue weighted by Crippen LogP contribution is 2.19. The zero-order valence-corrected chi connectivity index (χ0v) is 9.74. The second-order valence-electron chi connectivity index (χ2n) is 3.54. The molecule has 0 amide bonds. The fourth-order valence-electron chi connectivity index (χ4n) is 1.40. The van der Waals surface area contributed by atoms with E-state index in [0.717, 1.165) is 6.07 Å². The molecule has 2 aromatic rings. The Balaban J connectivity index is 2.20. The molecule has 1 aromatic carbocycles. The Morgan fingerprint density at radius 2 is 2.06 bits per heavy atom. The number of nitrogens with zero attached hydrogens (tertiary/aromatic N) is 2. The molecule has 1 aromatic heterocycles. The third-order valence-electron chi connectivity index (χ3n) is 2.18. The van der Waals surface area contributed by atoms with Gasteiger partial charge in [-0.3, -0.25) is 0 Å². The van der Waals surface area contributed by atoms with Gasteiger partial charge in [0.2, 0.25) is 5.95 Å². The topological polar surface area (TPSA) is 49.8 Å². The van der Waals surface area contributed by atoms with Crippen molar-refractivity contribution in [3.63, 3.8) is 0 Å². The van der Waals surface area contributed by atoms with Gasteiger partial charge in [0.15, 0.2) is 0 Å². The van der Waals surface area contributed by atoms with Crippen molar-refractivity contribution in [2.45, 2.75) is 6.92 Å². The van der Waals surface area contributed by atoms with Crippen LogP contribution in [0.1, 0.15) is 6.92 Å². The van der Waals surface area contributed by atoms with Crippen LogP contribution in [0.2, 0.25) is 0 Å². The summed E-state index contributed by atoms with van der Waals surface area (Å²) in [6, 6.07) is 4.91. The molecule has 94 valence electrons. The lowest BCUT2D eigenvalue weighted by Crippen LogP contribution is -2.04. The molecule has 2 N–H and O–H groups in total. The third-order valence-corrected chi connectivity index (χ3v) is 2.18. The first-order valence-electron chi connectivity index (χ1n) is 5.48. The van der Waals surface area contributed by atoms with Crippen LogP contribution in [0.4, 0.5) is 26.2 Å². The van der Waals surface area contributed by atoms with Crippen molar-refractivity contribution in [2.24, 2.45) is 0 Å². The summed E-state index contributed by atoms with van der Waals surface area (Å²) in [4.78, 5) is 8.12. The Morgan fingerprint density at radius 3 is 2.78 bits per heavy atom. The number of halogens is 2. The Kier molecular flexibility index (Phi) is 3.66. The second-order valence-corrected chi connectivity index (χ2v) is 3.54. The molecular formula is C12H12F2N4. The first-order chi connectivity index (χ1) is 8.69. The molecule has 0 spiro atoms. The maximum absolute atomic E-state index is 13.4. The Hall–Kier alpha value is -2.24. The molecule has 0 fully saturated rings. The van der Waals surface area contributed by atoms with E-state index in [2.05, 4.69) is 20.6 Å². The largest absolute Gasteiger partial charge is 0.354 e. The SMILES string of the molecule is CCNc1nccc(Nc2ccc(F)cc2F)n1. The maximum Gasteiger partial charge on any atom is 0.224 e. The van der Waals surface area contributed by atoms with Gasteiger partial charge in [-0.15, -0.1) is 0 Å². The first kappa shape index (κ1) is 12.2. The molecule has 0 aliphatic carbocycles. The molecule has 1 heterocycles. The zero-order chi connectivity index (χ0) is 13.0. The molecule has 0 atom stereocenters. The number of nitrogens with one attached hydrogen (secondary N) is 2. The van der Waals surface area contributed by atoms with Crippen molar-refractivity contribution in [1.82, 2.24) is 9.97 Å². The summed E-state index contributed by atoms with van der Waals surface area (Å²) in [5.74, 6) is -0.399. The van der Waals surface area contributed by atoms with Gasteiger partial charge in [-0.25, -0.2) is 13.8 Å². The van der Waals surface area contributed by atoms with Crippen LogP contribution in [0, 0.1) is 11.6 Å². The average Bonchev–Trinajstić information content (AvgIpc) is 2.34. The van der Waals surface area contributed by atoms with Crippen LogP contribution < -0.4 is 10.6 Å². The lowest BCUT2D eigenvalue weighted by atomic mass is 10.3.